The van der Waals surface area contributed by atoms with Gasteiger partial charge in [0.2, 0.25) is 0 Å². The van der Waals surface area contributed by atoms with E-state index in [4.69, 9.17) is 0 Å². The van der Waals surface area contributed by atoms with E-state index in [9.17, 15) is 14.0 Å². The van der Waals surface area contributed by atoms with Gasteiger partial charge in [0.15, 0.2) is 5.13 Å². The van der Waals surface area contributed by atoms with Crippen molar-refractivity contribution in [2.24, 2.45) is 0 Å². The van der Waals surface area contributed by atoms with Crippen molar-refractivity contribution in [2.75, 3.05) is 5.32 Å². The normalized spacial score (nSPS) is 14.0. The lowest BCUT2D eigenvalue weighted by Crippen LogP contribution is -2.33. The number of carbonyl (C=O) groups is 1. The molecule has 1 N–H and O–H groups in total. The molecule has 0 spiro atoms. The third-order valence-electron chi connectivity index (χ3n) is 4.60. The number of halogens is 1. The Kier molecular flexibility index (Phi) is 4.57. The molecule has 0 unspecified atom stereocenters. The van der Waals surface area contributed by atoms with Crippen LogP contribution in [0.3, 0.4) is 0 Å². The molecule has 138 valence electrons. The number of nitrogens with zero attached hydrogens (tertiary/aromatic N) is 3. The molecule has 0 bridgehead atoms. The lowest BCUT2D eigenvalue weighted by molar-refractivity contribution is -0.119. The number of hydrogen-bond acceptors (Lipinski definition) is 5. The molecule has 1 aromatic carbocycles. The van der Waals surface area contributed by atoms with Crippen LogP contribution in [0.2, 0.25) is 0 Å². The molecule has 0 radical (unpaired) electrons. The van der Waals surface area contributed by atoms with E-state index in [0.29, 0.717) is 10.8 Å². The molecular weight excluding hydrogens is 367 g/mol. The summed E-state index contributed by atoms with van der Waals surface area (Å²) in [6, 6.07) is 6.82. The van der Waals surface area contributed by atoms with Gasteiger partial charge in [0.1, 0.15) is 11.9 Å². The number of amides is 1. The number of nitrogens with one attached hydrogen (secondary N) is 1. The SMILES string of the molecule is C[C@@H](C(=O)Nc1nc(-c2ccc(F)cc2)cs1)n1nc2c(cc1=O)CCC2. The van der Waals surface area contributed by atoms with Crippen LogP contribution in [0.15, 0.2) is 40.5 Å². The number of aromatic nitrogens is 3. The maximum Gasteiger partial charge on any atom is 0.267 e. The first-order valence-corrected chi connectivity index (χ1v) is 9.53. The highest BCUT2D eigenvalue weighted by Gasteiger charge is 2.22. The number of hydrogen-bond donors (Lipinski definition) is 1. The van der Waals surface area contributed by atoms with E-state index in [0.717, 1.165) is 36.1 Å². The molecule has 0 aliphatic heterocycles. The first kappa shape index (κ1) is 17.5. The molecule has 3 aromatic rings. The summed E-state index contributed by atoms with van der Waals surface area (Å²) >= 11 is 1.27. The summed E-state index contributed by atoms with van der Waals surface area (Å²) < 4.78 is 14.3. The molecule has 4 rings (SSSR count). The van der Waals surface area contributed by atoms with Crippen molar-refractivity contribution < 1.29 is 9.18 Å². The molecule has 8 heteroatoms. The highest BCUT2D eigenvalue weighted by Crippen LogP contribution is 2.25. The summed E-state index contributed by atoms with van der Waals surface area (Å²) in [4.78, 5) is 29.2. The molecule has 1 aliphatic carbocycles. The molecule has 6 nitrogen and oxygen atoms in total. The first-order chi connectivity index (χ1) is 13.0. The van der Waals surface area contributed by atoms with Crippen LogP contribution < -0.4 is 10.9 Å². The van der Waals surface area contributed by atoms with Crippen LogP contribution in [0.4, 0.5) is 9.52 Å². The van der Waals surface area contributed by atoms with E-state index in [1.165, 1.54) is 28.2 Å². The van der Waals surface area contributed by atoms with Crippen LogP contribution >= 0.6 is 11.3 Å². The Morgan fingerprint density at radius 2 is 2.07 bits per heavy atom. The molecule has 1 amide bonds. The fraction of sp³-hybridized carbons (Fsp3) is 0.263. The molecule has 2 aromatic heterocycles. The maximum absolute atomic E-state index is 13.0. The minimum Gasteiger partial charge on any atom is -0.300 e. The highest BCUT2D eigenvalue weighted by atomic mass is 32.1. The minimum atomic E-state index is -0.749. The number of rotatable bonds is 4. The largest absolute Gasteiger partial charge is 0.300 e. The number of anilines is 1. The fourth-order valence-electron chi connectivity index (χ4n) is 3.10. The van der Waals surface area contributed by atoms with Crippen molar-refractivity contribution in [3.05, 3.63) is 63.1 Å². The molecular formula is C19H17FN4O2S. The molecule has 1 atom stereocenters. The van der Waals surface area contributed by atoms with Gasteiger partial charge in [-0.15, -0.1) is 11.3 Å². The Labute approximate surface area is 158 Å². The average molecular weight is 384 g/mol. The zero-order chi connectivity index (χ0) is 19.0. The predicted molar refractivity (Wildman–Crippen MR) is 101 cm³/mol. The summed E-state index contributed by atoms with van der Waals surface area (Å²) in [5.41, 5.74) is 3.01. The highest BCUT2D eigenvalue weighted by molar-refractivity contribution is 7.14. The molecule has 27 heavy (non-hydrogen) atoms. The van der Waals surface area contributed by atoms with Crippen molar-refractivity contribution in [1.29, 1.82) is 0 Å². The van der Waals surface area contributed by atoms with Crippen LogP contribution in [0.1, 0.15) is 30.6 Å². The lowest BCUT2D eigenvalue weighted by Gasteiger charge is -2.14. The van der Waals surface area contributed by atoms with E-state index in [-0.39, 0.29) is 17.3 Å². The second-order valence-electron chi connectivity index (χ2n) is 6.46. The van der Waals surface area contributed by atoms with Crippen LogP contribution in [0, 0.1) is 5.82 Å². The second kappa shape index (κ2) is 7.03. The number of fused-ring (bicyclic) bond motifs is 1. The van der Waals surface area contributed by atoms with E-state index in [1.807, 2.05) is 0 Å². The first-order valence-electron chi connectivity index (χ1n) is 8.65. The maximum atomic E-state index is 13.0. The standard InChI is InChI=1S/C19H17FN4O2S/c1-11(24-17(25)9-13-3-2-4-15(13)23-24)18(26)22-19-21-16(10-27-19)12-5-7-14(20)8-6-12/h5-11H,2-4H2,1H3,(H,21,22,26)/t11-/m0/s1. The Morgan fingerprint density at radius 3 is 2.85 bits per heavy atom. The van der Waals surface area contributed by atoms with E-state index < -0.39 is 6.04 Å². The van der Waals surface area contributed by atoms with Crippen LogP contribution in [-0.4, -0.2) is 20.7 Å². The zero-order valence-corrected chi connectivity index (χ0v) is 15.4. The van der Waals surface area contributed by atoms with Gasteiger partial charge in [0.25, 0.3) is 11.5 Å². The number of aryl methyl sites for hydroxylation is 2. The Hall–Kier alpha value is -2.87. The minimum absolute atomic E-state index is 0.274. The van der Waals surface area contributed by atoms with E-state index in [2.05, 4.69) is 15.4 Å². The summed E-state index contributed by atoms with van der Waals surface area (Å²) in [7, 11) is 0. The van der Waals surface area contributed by atoms with Gasteiger partial charge >= 0.3 is 0 Å². The Balaban J connectivity index is 1.51. The fourth-order valence-corrected chi connectivity index (χ4v) is 3.82. The van der Waals surface area contributed by atoms with Crippen molar-refractivity contribution in [3.63, 3.8) is 0 Å². The summed E-state index contributed by atoms with van der Waals surface area (Å²) in [6.45, 7) is 1.64. The molecule has 0 saturated carbocycles. The molecule has 1 aliphatic rings. The van der Waals surface area contributed by atoms with Crippen molar-refractivity contribution in [1.82, 2.24) is 14.8 Å². The number of thiazole rings is 1. The van der Waals surface area contributed by atoms with E-state index >= 15 is 0 Å². The topological polar surface area (TPSA) is 76.9 Å². The third kappa shape index (κ3) is 3.52. The van der Waals surface area contributed by atoms with Gasteiger partial charge in [-0.3, -0.25) is 9.59 Å². The van der Waals surface area contributed by atoms with Crippen molar-refractivity contribution in [2.45, 2.75) is 32.2 Å². The van der Waals surface area contributed by atoms with E-state index in [1.54, 1.807) is 30.5 Å². The zero-order valence-electron chi connectivity index (χ0n) is 14.6. The smallest absolute Gasteiger partial charge is 0.267 e. The molecule has 2 heterocycles. The Bertz CT molecular complexity index is 1060. The van der Waals surface area contributed by atoms with Gasteiger partial charge in [-0.05, 0) is 56.0 Å². The number of benzene rings is 1. The predicted octanol–water partition coefficient (Wildman–Crippen LogP) is 3.19. The molecule has 0 saturated heterocycles. The lowest BCUT2D eigenvalue weighted by atomic mass is 10.2. The van der Waals surface area contributed by atoms with Crippen LogP contribution in [0.5, 0.6) is 0 Å². The summed E-state index contributed by atoms with van der Waals surface area (Å²) in [6.07, 6.45) is 2.68. The van der Waals surface area contributed by atoms with Crippen molar-refractivity contribution in [3.8, 4) is 11.3 Å². The number of carbonyl (C=O) groups excluding carboxylic acids is 1. The van der Waals surface area contributed by atoms with Gasteiger partial charge in [-0.25, -0.2) is 14.1 Å². The molecule has 0 fully saturated rings. The van der Waals surface area contributed by atoms with Gasteiger partial charge in [0, 0.05) is 17.0 Å². The Morgan fingerprint density at radius 1 is 1.30 bits per heavy atom. The third-order valence-corrected chi connectivity index (χ3v) is 5.36. The van der Waals surface area contributed by atoms with Crippen molar-refractivity contribution >= 4 is 22.4 Å². The monoisotopic (exact) mass is 384 g/mol. The average Bonchev–Trinajstić information content (AvgIpc) is 3.30. The second-order valence-corrected chi connectivity index (χ2v) is 7.32. The summed E-state index contributed by atoms with van der Waals surface area (Å²) in [5.74, 6) is -0.675. The van der Waals surface area contributed by atoms with Crippen LogP contribution in [0.25, 0.3) is 11.3 Å². The van der Waals surface area contributed by atoms with Gasteiger partial charge < -0.3 is 5.32 Å². The van der Waals surface area contributed by atoms with Gasteiger partial charge in [-0.1, -0.05) is 0 Å². The quantitative estimate of drug-likeness (QED) is 0.749. The van der Waals surface area contributed by atoms with Gasteiger partial charge in [-0.2, -0.15) is 5.10 Å². The van der Waals surface area contributed by atoms with Gasteiger partial charge in [0.05, 0.1) is 11.4 Å². The summed E-state index contributed by atoms with van der Waals surface area (Å²) in [5, 5.41) is 9.30. The van der Waals surface area contributed by atoms with Crippen LogP contribution in [-0.2, 0) is 17.6 Å².